The molecule has 2 aromatic heterocycles. The highest BCUT2D eigenvalue weighted by Gasteiger charge is 2.20. The highest BCUT2D eigenvalue weighted by atomic mass is 35.5. The maximum Gasteiger partial charge on any atom is 0.262 e. The van der Waals surface area contributed by atoms with E-state index in [1.54, 1.807) is 19.2 Å². The van der Waals surface area contributed by atoms with Crippen LogP contribution in [-0.4, -0.2) is 20.5 Å². The summed E-state index contributed by atoms with van der Waals surface area (Å²) in [6, 6.07) is 21.9. The fourth-order valence-corrected chi connectivity index (χ4v) is 6.95. The number of thiazole rings is 1. The molecule has 0 aliphatic rings. The van der Waals surface area contributed by atoms with Gasteiger partial charge in [0.2, 0.25) is 0 Å². The zero-order valence-corrected chi connectivity index (χ0v) is 20.5. The molecule has 33 heavy (non-hydrogen) atoms. The molecule has 0 atom stereocenters. The monoisotopic (exact) mass is 512 g/mol. The number of benzene rings is 3. The van der Waals surface area contributed by atoms with Crippen LogP contribution in [0.5, 0.6) is 5.75 Å². The lowest BCUT2D eigenvalue weighted by atomic mass is 10.1. The van der Waals surface area contributed by atoms with Gasteiger partial charge in [-0.1, -0.05) is 41.9 Å². The van der Waals surface area contributed by atoms with Crippen LogP contribution in [0.2, 0.25) is 5.02 Å². The van der Waals surface area contributed by atoms with Crippen molar-refractivity contribution < 1.29 is 13.2 Å². The van der Waals surface area contributed by atoms with Gasteiger partial charge in [0.1, 0.15) is 15.8 Å². The van der Waals surface area contributed by atoms with E-state index in [0.29, 0.717) is 10.0 Å². The number of aromatic nitrogens is 1. The minimum atomic E-state index is -3.84. The zero-order chi connectivity index (χ0) is 23.0. The van der Waals surface area contributed by atoms with Crippen LogP contribution in [0.15, 0.2) is 83.1 Å². The first-order valence-corrected chi connectivity index (χ1v) is 13.4. The number of hydrogen-bond acceptors (Lipinski definition) is 6. The first kappa shape index (κ1) is 21.9. The van der Waals surface area contributed by atoms with Crippen LogP contribution in [0.3, 0.4) is 0 Å². The Morgan fingerprint density at radius 2 is 1.76 bits per heavy atom. The molecule has 0 fully saturated rings. The summed E-state index contributed by atoms with van der Waals surface area (Å²) >= 11 is 9.31. The molecule has 2 heterocycles. The van der Waals surface area contributed by atoms with E-state index in [4.69, 9.17) is 16.3 Å². The number of methoxy groups -OCH3 is 1. The van der Waals surface area contributed by atoms with Crippen molar-refractivity contribution in [2.24, 2.45) is 0 Å². The zero-order valence-electron chi connectivity index (χ0n) is 17.3. The lowest BCUT2D eigenvalue weighted by Gasteiger charge is -2.11. The topological polar surface area (TPSA) is 68.3 Å². The van der Waals surface area contributed by atoms with Gasteiger partial charge in [-0.3, -0.25) is 4.72 Å². The van der Waals surface area contributed by atoms with Crippen LogP contribution in [0.25, 0.3) is 31.9 Å². The molecule has 0 spiro atoms. The van der Waals surface area contributed by atoms with Crippen LogP contribution in [0, 0.1) is 0 Å². The third-order valence-corrected chi connectivity index (χ3v) is 8.76. The fourth-order valence-electron chi connectivity index (χ4n) is 3.39. The Balaban J connectivity index is 1.44. The normalized spacial score (nSPS) is 11.6. The van der Waals surface area contributed by atoms with Gasteiger partial charge in [-0.25, -0.2) is 13.4 Å². The average molecular weight is 513 g/mol. The number of thiophene rings is 1. The largest absolute Gasteiger partial charge is 0.497 e. The third kappa shape index (κ3) is 4.35. The lowest BCUT2D eigenvalue weighted by molar-refractivity contribution is 0.415. The van der Waals surface area contributed by atoms with Crippen LogP contribution in [0.1, 0.15) is 0 Å². The van der Waals surface area contributed by atoms with Gasteiger partial charge in [0.15, 0.2) is 0 Å². The molecule has 0 saturated heterocycles. The van der Waals surface area contributed by atoms with E-state index in [9.17, 15) is 8.42 Å². The summed E-state index contributed by atoms with van der Waals surface area (Å²) < 4.78 is 35.2. The van der Waals surface area contributed by atoms with E-state index < -0.39 is 10.0 Å². The van der Waals surface area contributed by atoms with Gasteiger partial charge < -0.3 is 4.74 Å². The molecule has 5 aromatic rings. The van der Waals surface area contributed by atoms with Crippen LogP contribution < -0.4 is 9.46 Å². The van der Waals surface area contributed by atoms with Gasteiger partial charge >= 0.3 is 0 Å². The third-order valence-electron chi connectivity index (χ3n) is 5.07. The number of hydrogen-bond donors (Lipinski definition) is 1. The Labute approximate surface area is 204 Å². The van der Waals surface area contributed by atoms with Crippen molar-refractivity contribution in [3.05, 3.63) is 83.2 Å². The predicted octanol–water partition coefficient (Wildman–Crippen LogP) is 7.15. The molecule has 3 aromatic carbocycles. The molecule has 1 N–H and O–H groups in total. The van der Waals surface area contributed by atoms with Crippen LogP contribution in [-0.2, 0) is 10.0 Å². The van der Waals surface area contributed by atoms with E-state index >= 15 is 0 Å². The van der Waals surface area contributed by atoms with Crippen LogP contribution in [0.4, 0.5) is 5.00 Å². The summed E-state index contributed by atoms with van der Waals surface area (Å²) in [6.07, 6.45) is 0. The van der Waals surface area contributed by atoms with E-state index in [0.717, 1.165) is 37.7 Å². The second-order valence-corrected chi connectivity index (χ2v) is 11.2. The smallest absolute Gasteiger partial charge is 0.262 e. The fraction of sp³-hybridized carbons (Fsp3) is 0.0417. The predicted molar refractivity (Wildman–Crippen MR) is 137 cm³/mol. The number of nitrogens with zero attached hydrogens (tertiary/aromatic N) is 1. The summed E-state index contributed by atoms with van der Waals surface area (Å²) in [6.45, 7) is 0. The number of para-hydroxylation sites is 1. The van der Waals surface area contributed by atoms with E-state index in [1.807, 2.05) is 60.0 Å². The number of halogens is 1. The van der Waals surface area contributed by atoms with Gasteiger partial charge in [0.25, 0.3) is 10.0 Å². The standard InChI is InChI=1S/C24H17ClN2O3S3/c1-30-16-8-6-15(7-9-16)18-11-10-17(14-20(18)25)33(28,29)27-24-19(12-13-31-24)23-26-21-4-2-3-5-22(21)32-23/h2-14,27H,1H3. The molecule has 9 heteroatoms. The van der Waals surface area contributed by atoms with Crippen molar-refractivity contribution in [3.63, 3.8) is 0 Å². The maximum absolute atomic E-state index is 13.1. The SMILES string of the molecule is COc1ccc(-c2ccc(S(=O)(=O)Nc3sccc3-c3nc4ccccc4s3)cc2Cl)cc1. The maximum atomic E-state index is 13.1. The molecule has 0 unspecified atom stereocenters. The second kappa shape index (κ2) is 8.79. The average Bonchev–Trinajstić information content (AvgIpc) is 3.45. The Morgan fingerprint density at radius 3 is 2.48 bits per heavy atom. The lowest BCUT2D eigenvalue weighted by Crippen LogP contribution is -2.12. The highest BCUT2D eigenvalue weighted by molar-refractivity contribution is 7.93. The minimum absolute atomic E-state index is 0.0911. The highest BCUT2D eigenvalue weighted by Crippen LogP contribution is 2.39. The van der Waals surface area contributed by atoms with Crippen molar-refractivity contribution >= 4 is 59.5 Å². The Bertz CT molecular complexity index is 1520. The molecule has 0 saturated carbocycles. The Hall–Kier alpha value is -2.91. The van der Waals surface area contributed by atoms with E-state index in [-0.39, 0.29) is 4.90 Å². The van der Waals surface area contributed by atoms with Crippen molar-refractivity contribution in [1.82, 2.24) is 4.98 Å². The van der Waals surface area contributed by atoms with E-state index in [1.165, 1.54) is 28.7 Å². The molecule has 0 radical (unpaired) electrons. The molecule has 5 nitrogen and oxygen atoms in total. The number of anilines is 1. The number of sulfonamides is 1. The second-order valence-electron chi connectivity index (χ2n) is 7.13. The summed E-state index contributed by atoms with van der Waals surface area (Å²) in [5.74, 6) is 0.734. The number of rotatable bonds is 6. The number of ether oxygens (including phenoxy) is 1. The minimum Gasteiger partial charge on any atom is -0.497 e. The molecular weight excluding hydrogens is 496 g/mol. The summed E-state index contributed by atoms with van der Waals surface area (Å²) in [5, 5.41) is 3.48. The van der Waals surface area contributed by atoms with Gasteiger partial charge in [-0.15, -0.1) is 22.7 Å². The van der Waals surface area contributed by atoms with Crippen LogP contribution >= 0.6 is 34.3 Å². The molecule has 0 amide bonds. The molecule has 0 aliphatic heterocycles. The Kier molecular flexibility index (Phi) is 5.84. The van der Waals surface area contributed by atoms with Crippen molar-refractivity contribution in [2.75, 3.05) is 11.8 Å². The van der Waals surface area contributed by atoms with Crippen molar-refractivity contribution in [3.8, 4) is 27.4 Å². The first-order valence-electron chi connectivity index (χ1n) is 9.85. The quantitative estimate of drug-likeness (QED) is 0.262. The summed E-state index contributed by atoms with van der Waals surface area (Å²) in [4.78, 5) is 4.74. The van der Waals surface area contributed by atoms with Crippen molar-refractivity contribution in [2.45, 2.75) is 4.90 Å². The summed E-state index contributed by atoms with van der Waals surface area (Å²) in [5.41, 5.74) is 3.25. The molecule has 5 rings (SSSR count). The van der Waals surface area contributed by atoms with Gasteiger partial charge in [0.05, 0.1) is 22.2 Å². The van der Waals surface area contributed by atoms with Gasteiger partial charge in [-0.05, 0) is 53.4 Å². The number of nitrogens with one attached hydrogen (secondary N) is 1. The van der Waals surface area contributed by atoms with Crippen molar-refractivity contribution in [1.29, 1.82) is 0 Å². The van der Waals surface area contributed by atoms with Gasteiger partial charge in [0, 0.05) is 16.1 Å². The molecule has 0 bridgehead atoms. The van der Waals surface area contributed by atoms with E-state index in [2.05, 4.69) is 9.71 Å². The van der Waals surface area contributed by atoms with Gasteiger partial charge in [-0.2, -0.15) is 0 Å². The number of fused-ring (bicyclic) bond motifs is 1. The first-order chi connectivity index (χ1) is 15.9. The molecule has 166 valence electrons. The molecule has 0 aliphatic carbocycles. The molecular formula is C24H17ClN2O3S3. The Morgan fingerprint density at radius 1 is 0.970 bits per heavy atom. The summed E-state index contributed by atoms with van der Waals surface area (Å²) in [7, 11) is -2.24.